The van der Waals surface area contributed by atoms with Crippen LogP contribution in [0, 0.1) is 11.8 Å². The zero-order valence-electron chi connectivity index (χ0n) is 12.2. The van der Waals surface area contributed by atoms with E-state index in [2.05, 4.69) is 30.7 Å². The highest BCUT2D eigenvalue weighted by molar-refractivity contribution is 14.0. The summed E-state index contributed by atoms with van der Waals surface area (Å²) >= 11 is 0. The molecule has 0 saturated heterocycles. The van der Waals surface area contributed by atoms with Crippen molar-refractivity contribution in [3.05, 3.63) is 0 Å². The first-order valence-corrected chi connectivity index (χ1v) is 7.26. The third kappa shape index (κ3) is 5.76. The van der Waals surface area contributed by atoms with Gasteiger partial charge in [-0.05, 0) is 38.5 Å². The van der Waals surface area contributed by atoms with E-state index in [0.717, 1.165) is 37.4 Å². The fourth-order valence-corrected chi connectivity index (χ4v) is 2.69. The number of guanidine groups is 1. The number of halogens is 1. The molecule has 0 unspecified atom stereocenters. The molecule has 0 heterocycles. The predicted molar refractivity (Wildman–Crippen MR) is 90.6 cm³/mol. The molecule has 0 spiro atoms. The molecule has 1 saturated carbocycles. The molecule has 1 aliphatic carbocycles. The van der Waals surface area contributed by atoms with Crippen molar-refractivity contribution in [2.45, 2.75) is 52.9 Å². The first-order valence-electron chi connectivity index (χ1n) is 7.26. The Labute approximate surface area is 130 Å². The molecular weight excluding hydrogens is 337 g/mol. The zero-order chi connectivity index (χ0) is 12.7. The van der Waals surface area contributed by atoms with Crippen molar-refractivity contribution in [2.24, 2.45) is 22.6 Å². The fourth-order valence-electron chi connectivity index (χ4n) is 2.69. The molecule has 0 radical (unpaired) electrons. The minimum Gasteiger partial charge on any atom is -0.370 e. The molecule has 0 aliphatic heterocycles. The summed E-state index contributed by atoms with van der Waals surface area (Å²) in [5, 5.41) is 0. The summed E-state index contributed by atoms with van der Waals surface area (Å²) in [6, 6.07) is 0. The summed E-state index contributed by atoms with van der Waals surface area (Å²) in [5.74, 6) is 2.47. The first-order chi connectivity index (χ1) is 8.21. The van der Waals surface area contributed by atoms with Crippen LogP contribution in [0.4, 0.5) is 0 Å². The molecule has 18 heavy (non-hydrogen) atoms. The van der Waals surface area contributed by atoms with Crippen molar-refractivity contribution >= 4 is 29.9 Å². The summed E-state index contributed by atoms with van der Waals surface area (Å²) in [6.07, 6.45) is 6.81. The fraction of sp³-hybridized carbons (Fsp3) is 0.929. The van der Waals surface area contributed by atoms with Crippen LogP contribution in [-0.2, 0) is 0 Å². The van der Waals surface area contributed by atoms with E-state index in [1.54, 1.807) is 0 Å². The average Bonchev–Trinajstić information content (AvgIpc) is 2.38. The predicted octanol–water partition coefficient (Wildman–Crippen LogP) is 3.48. The molecule has 0 aromatic heterocycles. The van der Waals surface area contributed by atoms with Crippen LogP contribution in [0.15, 0.2) is 4.99 Å². The van der Waals surface area contributed by atoms with E-state index < -0.39 is 0 Å². The van der Waals surface area contributed by atoms with Crippen LogP contribution in [0.2, 0.25) is 0 Å². The smallest absolute Gasteiger partial charge is 0.191 e. The molecule has 1 rings (SSSR count). The van der Waals surface area contributed by atoms with Crippen LogP contribution in [0.25, 0.3) is 0 Å². The third-order valence-corrected chi connectivity index (χ3v) is 4.14. The quantitative estimate of drug-likeness (QED) is 0.459. The molecular formula is C14H30IN3. The van der Waals surface area contributed by atoms with Gasteiger partial charge in [-0.1, -0.05) is 26.2 Å². The molecule has 3 nitrogen and oxygen atoms in total. The topological polar surface area (TPSA) is 41.6 Å². The number of hydrogen-bond acceptors (Lipinski definition) is 1. The molecule has 1 aliphatic rings. The van der Waals surface area contributed by atoms with E-state index in [-0.39, 0.29) is 24.0 Å². The lowest BCUT2D eigenvalue weighted by Crippen LogP contribution is -2.37. The van der Waals surface area contributed by atoms with Gasteiger partial charge in [-0.2, -0.15) is 0 Å². The molecule has 0 atom stereocenters. The van der Waals surface area contributed by atoms with E-state index in [1.807, 2.05) is 0 Å². The second kappa shape index (κ2) is 9.87. The molecule has 108 valence electrons. The Kier molecular flexibility index (Phi) is 9.87. The van der Waals surface area contributed by atoms with Crippen molar-refractivity contribution in [3.8, 4) is 0 Å². The Morgan fingerprint density at radius 1 is 1.06 bits per heavy atom. The number of rotatable bonds is 5. The Hall–Kier alpha value is 0. The maximum absolute atomic E-state index is 5.99. The van der Waals surface area contributed by atoms with Gasteiger partial charge in [0.1, 0.15) is 0 Å². The standard InChI is InChI=1S/C14H29N3.HI/c1-4-12-7-9-13(10-8-12)11-16-14(15)17(5-2)6-3;/h12-13H,4-11H2,1-3H3,(H2,15,16);1H. The van der Waals surface area contributed by atoms with Crippen LogP contribution in [0.5, 0.6) is 0 Å². The van der Waals surface area contributed by atoms with Gasteiger partial charge < -0.3 is 10.6 Å². The monoisotopic (exact) mass is 367 g/mol. The highest BCUT2D eigenvalue weighted by atomic mass is 127. The maximum atomic E-state index is 5.99. The molecule has 4 heteroatoms. The summed E-state index contributed by atoms with van der Waals surface area (Å²) in [6.45, 7) is 9.39. The summed E-state index contributed by atoms with van der Waals surface area (Å²) in [5.41, 5.74) is 5.99. The Bertz CT molecular complexity index is 231. The molecule has 1 fully saturated rings. The van der Waals surface area contributed by atoms with Crippen molar-refractivity contribution < 1.29 is 0 Å². The van der Waals surface area contributed by atoms with E-state index >= 15 is 0 Å². The third-order valence-electron chi connectivity index (χ3n) is 4.14. The lowest BCUT2D eigenvalue weighted by Gasteiger charge is -2.27. The van der Waals surface area contributed by atoms with Crippen LogP contribution in [0.1, 0.15) is 52.9 Å². The first kappa shape index (κ1) is 18.0. The second-order valence-corrected chi connectivity index (χ2v) is 5.17. The Balaban J connectivity index is 0.00000289. The highest BCUT2D eigenvalue weighted by Crippen LogP contribution is 2.30. The lowest BCUT2D eigenvalue weighted by molar-refractivity contribution is 0.274. The van der Waals surface area contributed by atoms with Gasteiger partial charge in [0.25, 0.3) is 0 Å². The minimum atomic E-state index is 0. The highest BCUT2D eigenvalue weighted by Gasteiger charge is 2.19. The van der Waals surface area contributed by atoms with E-state index in [1.165, 1.54) is 32.1 Å². The minimum absolute atomic E-state index is 0. The molecule has 0 aromatic carbocycles. The van der Waals surface area contributed by atoms with Gasteiger partial charge >= 0.3 is 0 Å². The van der Waals surface area contributed by atoms with E-state index in [9.17, 15) is 0 Å². The van der Waals surface area contributed by atoms with Gasteiger partial charge in [0, 0.05) is 19.6 Å². The average molecular weight is 367 g/mol. The van der Waals surface area contributed by atoms with Crippen LogP contribution < -0.4 is 5.73 Å². The van der Waals surface area contributed by atoms with Gasteiger partial charge in [0.05, 0.1) is 0 Å². The van der Waals surface area contributed by atoms with Gasteiger partial charge in [-0.3, -0.25) is 4.99 Å². The maximum Gasteiger partial charge on any atom is 0.191 e. The molecule has 0 aromatic rings. The molecule has 0 amide bonds. The number of nitrogens with zero attached hydrogens (tertiary/aromatic N) is 2. The van der Waals surface area contributed by atoms with Crippen molar-refractivity contribution in [3.63, 3.8) is 0 Å². The van der Waals surface area contributed by atoms with Gasteiger partial charge in [-0.25, -0.2) is 0 Å². The summed E-state index contributed by atoms with van der Waals surface area (Å²) < 4.78 is 0. The molecule has 2 N–H and O–H groups in total. The normalized spacial score (nSPS) is 24.5. The lowest BCUT2D eigenvalue weighted by atomic mass is 9.81. The number of aliphatic imine (C=N–C) groups is 1. The Morgan fingerprint density at radius 2 is 1.56 bits per heavy atom. The van der Waals surface area contributed by atoms with Crippen LogP contribution in [0.3, 0.4) is 0 Å². The van der Waals surface area contributed by atoms with Crippen molar-refractivity contribution in [1.29, 1.82) is 0 Å². The summed E-state index contributed by atoms with van der Waals surface area (Å²) in [7, 11) is 0. The van der Waals surface area contributed by atoms with Crippen LogP contribution >= 0.6 is 24.0 Å². The Morgan fingerprint density at radius 3 is 2.00 bits per heavy atom. The van der Waals surface area contributed by atoms with Crippen molar-refractivity contribution in [2.75, 3.05) is 19.6 Å². The van der Waals surface area contributed by atoms with Gasteiger partial charge in [0.15, 0.2) is 5.96 Å². The van der Waals surface area contributed by atoms with Crippen molar-refractivity contribution in [1.82, 2.24) is 4.90 Å². The van der Waals surface area contributed by atoms with E-state index in [4.69, 9.17) is 5.73 Å². The number of hydrogen-bond donors (Lipinski definition) is 1. The molecule has 0 bridgehead atoms. The summed E-state index contributed by atoms with van der Waals surface area (Å²) in [4.78, 5) is 6.68. The SMILES string of the molecule is CCC1CCC(CN=C(N)N(CC)CC)CC1.I. The van der Waals surface area contributed by atoms with E-state index in [0.29, 0.717) is 0 Å². The van der Waals surface area contributed by atoms with Gasteiger partial charge in [0.2, 0.25) is 0 Å². The zero-order valence-corrected chi connectivity index (χ0v) is 14.5. The van der Waals surface area contributed by atoms with Crippen LogP contribution in [-0.4, -0.2) is 30.5 Å². The number of nitrogens with two attached hydrogens (primary N) is 1. The largest absolute Gasteiger partial charge is 0.370 e. The second-order valence-electron chi connectivity index (χ2n) is 5.17. The van der Waals surface area contributed by atoms with Gasteiger partial charge in [-0.15, -0.1) is 24.0 Å².